The third-order valence-corrected chi connectivity index (χ3v) is 10.3. The lowest BCUT2D eigenvalue weighted by atomic mass is 9.97. The second-order valence-corrected chi connectivity index (χ2v) is 13.3. The van der Waals surface area contributed by atoms with Gasteiger partial charge in [0.1, 0.15) is 11.2 Å². The van der Waals surface area contributed by atoms with Gasteiger partial charge in [-0.2, -0.15) is 0 Å². The Morgan fingerprint density at radius 3 is 1.67 bits per heavy atom. The van der Waals surface area contributed by atoms with Gasteiger partial charge in [0, 0.05) is 27.7 Å². The molecule has 0 aliphatic rings. The number of hydrogen-bond donors (Lipinski definition) is 0. The third kappa shape index (κ3) is 5.12. The van der Waals surface area contributed by atoms with E-state index < -0.39 is 0 Å². The molecule has 0 radical (unpaired) electrons. The van der Waals surface area contributed by atoms with Crippen molar-refractivity contribution in [3.8, 4) is 33.4 Å². The number of rotatable bonds is 6. The highest BCUT2D eigenvalue weighted by Crippen LogP contribution is 2.44. The van der Waals surface area contributed by atoms with Crippen molar-refractivity contribution in [1.82, 2.24) is 0 Å². The van der Waals surface area contributed by atoms with E-state index in [1.807, 2.05) is 0 Å². The fourth-order valence-corrected chi connectivity index (χ4v) is 7.76. The molecule has 0 amide bonds. The van der Waals surface area contributed by atoms with E-state index in [9.17, 15) is 0 Å². The van der Waals surface area contributed by atoms with Gasteiger partial charge >= 0.3 is 0 Å². The van der Waals surface area contributed by atoms with Crippen molar-refractivity contribution in [3.05, 3.63) is 200 Å². The van der Waals surface area contributed by atoms with Gasteiger partial charge in [-0.15, -0.1) is 0 Å². The van der Waals surface area contributed by atoms with Gasteiger partial charge in [-0.1, -0.05) is 152 Å². The largest absolute Gasteiger partial charge is 0.456 e. The Kier molecular flexibility index (Phi) is 7.18. The van der Waals surface area contributed by atoms with E-state index in [0.717, 1.165) is 50.1 Å². The lowest BCUT2D eigenvalue weighted by Crippen LogP contribution is -2.11. The van der Waals surface area contributed by atoms with Crippen LogP contribution in [0.2, 0.25) is 0 Å². The van der Waals surface area contributed by atoms with Crippen molar-refractivity contribution in [1.29, 1.82) is 0 Å². The fourth-order valence-electron chi connectivity index (χ4n) is 7.76. The number of nitrogens with zero attached hydrogens (tertiary/aromatic N) is 1. The zero-order chi connectivity index (χ0) is 34.4. The second kappa shape index (κ2) is 12.5. The molecule has 0 N–H and O–H groups in total. The van der Waals surface area contributed by atoms with Crippen LogP contribution in [-0.4, -0.2) is 0 Å². The maximum atomic E-state index is 6.38. The Hall–Kier alpha value is -6.90. The molecule has 1 heterocycles. The Bertz CT molecular complexity index is 2880. The van der Waals surface area contributed by atoms with Gasteiger partial charge in [-0.25, -0.2) is 0 Å². The molecule has 0 bridgehead atoms. The quantitative estimate of drug-likeness (QED) is 0.176. The minimum Gasteiger partial charge on any atom is -0.456 e. The molecule has 1 aromatic heterocycles. The zero-order valence-electron chi connectivity index (χ0n) is 28.4. The van der Waals surface area contributed by atoms with E-state index in [1.165, 1.54) is 43.8 Å². The molecule has 52 heavy (non-hydrogen) atoms. The van der Waals surface area contributed by atoms with Crippen LogP contribution < -0.4 is 4.90 Å². The van der Waals surface area contributed by atoms with Gasteiger partial charge in [0.15, 0.2) is 0 Å². The molecule has 2 nitrogen and oxygen atoms in total. The van der Waals surface area contributed by atoms with Gasteiger partial charge in [-0.05, 0) is 97.9 Å². The van der Waals surface area contributed by atoms with E-state index in [1.54, 1.807) is 0 Å². The molecule has 10 aromatic rings. The van der Waals surface area contributed by atoms with E-state index in [0.29, 0.717) is 0 Å². The number of fused-ring (bicyclic) bond motifs is 6. The van der Waals surface area contributed by atoms with Crippen LogP contribution in [-0.2, 0) is 0 Å². The van der Waals surface area contributed by atoms with Gasteiger partial charge in [0.2, 0.25) is 0 Å². The van der Waals surface area contributed by atoms with Crippen LogP contribution in [0.15, 0.2) is 205 Å². The standard InChI is InChI=1S/C50H33NO/c1-2-11-34(12-3-1)35-21-27-40(28-22-35)51(41-29-23-38(24-30-41)43-19-10-15-36-13-4-6-16-42(36)43)47-20-9-8-17-44(47)39-26-31-48-46(33-39)50-45-18-7-5-14-37(45)25-32-49(50)52-48/h1-33H. The van der Waals surface area contributed by atoms with E-state index in [4.69, 9.17) is 4.42 Å². The predicted octanol–water partition coefficient (Wildman–Crippen LogP) is 14.4. The smallest absolute Gasteiger partial charge is 0.136 e. The summed E-state index contributed by atoms with van der Waals surface area (Å²) in [5, 5.41) is 7.19. The summed E-state index contributed by atoms with van der Waals surface area (Å²) < 4.78 is 6.38. The number of hydrogen-bond acceptors (Lipinski definition) is 2. The lowest BCUT2D eigenvalue weighted by Gasteiger charge is -2.28. The summed E-state index contributed by atoms with van der Waals surface area (Å²) >= 11 is 0. The Morgan fingerprint density at radius 2 is 0.885 bits per heavy atom. The van der Waals surface area contributed by atoms with Crippen LogP contribution >= 0.6 is 0 Å². The van der Waals surface area contributed by atoms with Crippen LogP contribution in [0, 0.1) is 0 Å². The van der Waals surface area contributed by atoms with Gasteiger partial charge < -0.3 is 9.32 Å². The summed E-state index contributed by atoms with van der Waals surface area (Å²) in [6, 6.07) is 71.7. The van der Waals surface area contributed by atoms with E-state index in [2.05, 4.69) is 205 Å². The maximum absolute atomic E-state index is 6.38. The Morgan fingerprint density at radius 1 is 0.327 bits per heavy atom. The minimum atomic E-state index is 0.893. The average Bonchev–Trinajstić information content (AvgIpc) is 3.60. The highest BCUT2D eigenvalue weighted by Gasteiger charge is 2.19. The van der Waals surface area contributed by atoms with Gasteiger partial charge in [-0.3, -0.25) is 0 Å². The first-order valence-corrected chi connectivity index (χ1v) is 17.8. The number of para-hydroxylation sites is 1. The third-order valence-electron chi connectivity index (χ3n) is 10.3. The topological polar surface area (TPSA) is 16.4 Å². The van der Waals surface area contributed by atoms with Crippen molar-refractivity contribution in [3.63, 3.8) is 0 Å². The normalized spacial score (nSPS) is 11.5. The fraction of sp³-hybridized carbons (Fsp3) is 0. The molecule has 0 unspecified atom stereocenters. The minimum absolute atomic E-state index is 0.893. The average molecular weight is 664 g/mol. The maximum Gasteiger partial charge on any atom is 0.136 e. The zero-order valence-corrected chi connectivity index (χ0v) is 28.4. The SMILES string of the molecule is c1ccc(-c2ccc(N(c3ccc(-c4cccc5ccccc45)cc3)c3ccccc3-c3ccc4oc5ccc6ccccc6c5c4c3)cc2)cc1. The summed E-state index contributed by atoms with van der Waals surface area (Å²) in [6.45, 7) is 0. The summed E-state index contributed by atoms with van der Waals surface area (Å²) in [5.41, 5.74) is 12.2. The first kappa shape index (κ1) is 30.0. The van der Waals surface area contributed by atoms with Crippen LogP contribution in [0.25, 0.3) is 76.9 Å². The first-order valence-electron chi connectivity index (χ1n) is 17.8. The van der Waals surface area contributed by atoms with Crippen LogP contribution in [0.4, 0.5) is 17.1 Å². The Labute approximate surface area is 302 Å². The summed E-state index contributed by atoms with van der Waals surface area (Å²) in [4.78, 5) is 2.38. The molecule has 0 spiro atoms. The van der Waals surface area contributed by atoms with Crippen molar-refractivity contribution >= 4 is 60.5 Å². The molecular formula is C50H33NO. The number of anilines is 3. The molecular weight excluding hydrogens is 631 g/mol. The Balaban J connectivity index is 1.13. The molecule has 0 atom stereocenters. The van der Waals surface area contributed by atoms with Crippen molar-refractivity contribution < 1.29 is 4.42 Å². The molecule has 2 heteroatoms. The van der Waals surface area contributed by atoms with Crippen LogP contribution in [0.1, 0.15) is 0 Å². The molecule has 0 saturated heterocycles. The summed E-state index contributed by atoms with van der Waals surface area (Å²) in [5.74, 6) is 0. The monoisotopic (exact) mass is 663 g/mol. The summed E-state index contributed by atoms with van der Waals surface area (Å²) in [6.07, 6.45) is 0. The second-order valence-electron chi connectivity index (χ2n) is 13.3. The molecule has 0 aliphatic heterocycles. The predicted molar refractivity (Wildman–Crippen MR) is 220 cm³/mol. The van der Waals surface area contributed by atoms with Crippen molar-refractivity contribution in [2.45, 2.75) is 0 Å². The van der Waals surface area contributed by atoms with Gasteiger partial charge in [0.05, 0.1) is 5.69 Å². The molecule has 0 saturated carbocycles. The molecule has 244 valence electrons. The van der Waals surface area contributed by atoms with Crippen molar-refractivity contribution in [2.75, 3.05) is 4.90 Å². The number of furan rings is 1. The molecule has 10 rings (SSSR count). The highest BCUT2D eigenvalue weighted by atomic mass is 16.3. The number of benzene rings is 9. The van der Waals surface area contributed by atoms with E-state index in [-0.39, 0.29) is 0 Å². The molecule has 0 fully saturated rings. The van der Waals surface area contributed by atoms with E-state index >= 15 is 0 Å². The van der Waals surface area contributed by atoms with Gasteiger partial charge in [0.25, 0.3) is 0 Å². The summed E-state index contributed by atoms with van der Waals surface area (Å²) in [7, 11) is 0. The molecule has 0 aliphatic carbocycles. The van der Waals surface area contributed by atoms with Crippen LogP contribution in [0.3, 0.4) is 0 Å². The highest BCUT2D eigenvalue weighted by molar-refractivity contribution is 6.19. The lowest BCUT2D eigenvalue weighted by molar-refractivity contribution is 0.669. The first-order chi connectivity index (χ1) is 25.8. The van der Waals surface area contributed by atoms with Crippen LogP contribution in [0.5, 0.6) is 0 Å². The molecule has 9 aromatic carbocycles. The van der Waals surface area contributed by atoms with Crippen molar-refractivity contribution in [2.24, 2.45) is 0 Å².